The van der Waals surface area contributed by atoms with Crippen molar-refractivity contribution in [2.75, 3.05) is 40.0 Å². The minimum absolute atomic E-state index is 0.0683. The van der Waals surface area contributed by atoms with Gasteiger partial charge >= 0.3 is 0 Å². The zero-order chi connectivity index (χ0) is 12.0. The van der Waals surface area contributed by atoms with Gasteiger partial charge in [0.2, 0.25) is 0 Å². The highest BCUT2D eigenvalue weighted by molar-refractivity contribution is 7.87. The van der Waals surface area contributed by atoms with Crippen molar-refractivity contribution in [3.8, 4) is 6.07 Å². The third kappa shape index (κ3) is 3.70. The second-order valence-electron chi connectivity index (χ2n) is 3.24. The van der Waals surface area contributed by atoms with Crippen LogP contribution in [-0.4, -0.2) is 58.8 Å². The fourth-order valence-corrected chi connectivity index (χ4v) is 2.46. The molecule has 0 spiro atoms. The van der Waals surface area contributed by atoms with Gasteiger partial charge in [-0.2, -0.15) is 22.7 Å². The Kier molecular flexibility index (Phi) is 5.11. The molecule has 0 amide bonds. The van der Waals surface area contributed by atoms with Gasteiger partial charge in [0.15, 0.2) is 6.10 Å². The Hall–Kier alpha value is -0.720. The van der Waals surface area contributed by atoms with Gasteiger partial charge in [0.25, 0.3) is 10.2 Å². The summed E-state index contributed by atoms with van der Waals surface area (Å²) in [7, 11) is -2.03. The summed E-state index contributed by atoms with van der Waals surface area (Å²) in [5.41, 5.74) is 0. The first-order chi connectivity index (χ1) is 7.60. The van der Waals surface area contributed by atoms with Crippen LogP contribution in [0.5, 0.6) is 0 Å². The Morgan fingerprint density at radius 2 is 2.44 bits per heavy atom. The predicted octanol–water partition coefficient (Wildman–Crippen LogP) is -1.31. The van der Waals surface area contributed by atoms with Gasteiger partial charge < -0.3 is 9.47 Å². The molecule has 1 aliphatic heterocycles. The summed E-state index contributed by atoms with van der Waals surface area (Å²) in [5, 5.41) is 8.65. The van der Waals surface area contributed by atoms with Gasteiger partial charge in [-0.1, -0.05) is 0 Å². The van der Waals surface area contributed by atoms with Crippen LogP contribution in [0.25, 0.3) is 0 Å². The molecule has 1 N–H and O–H groups in total. The van der Waals surface area contributed by atoms with Crippen LogP contribution in [0.1, 0.15) is 0 Å². The molecule has 0 saturated carbocycles. The molecule has 1 unspecified atom stereocenters. The fraction of sp³-hybridized carbons (Fsp3) is 0.875. The third-order valence-corrected chi connectivity index (χ3v) is 3.68. The lowest BCUT2D eigenvalue weighted by Gasteiger charge is -2.28. The highest BCUT2D eigenvalue weighted by atomic mass is 32.2. The second kappa shape index (κ2) is 6.12. The number of rotatable bonds is 5. The molecule has 0 aromatic heterocycles. The van der Waals surface area contributed by atoms with E-state index >= 15 is 0 Å². The number of hydrogen-bond donors (Lipinski definition) is 1. The summed E-state index contributed by atoms with van der Waals surface area (Å²) < 4.78 is 36.8. The summed E-state index contributed by atoms with van der Waals surface area (Å²) in [6, 6.07) is 1.89. The first-order valence-electron chi connectivity index (χ1n) is 4.85. The van der Waals surface area contributed by atoms with Crippen LogP contribution < -0.4 is 4.72 Å². The van der Waals surface area contributed by atoms with E-state index in [9.17, 15) is 8.42 Å². The Balaban J connectivity index is 2.51. The van der Waals surface area contributed by atoms with Crippen LogP contribution in [0.3, 0.4) is 0 Å². The largest absolute Gasteiger partial charge is 0.383 e. The normalized spacial score (nSPS) is 22.9. The van der Waals surface area contributed by atoms with Gasteiger partial charge in [0, 0.05) is 20.2 Å². The SMILES string of the molecule is COCCNS(=O)(=O)N1CCOC(C#N)C1. The molecule has 0 aliphatic carbocycles. The number of morpholine rings is 1. The molecule has 16 heavy (non-hydrogen) atoms. The van der Waals surface area contributed by atoms with Crippen molar-refractivity contribution in [1.82, 2.24) is 9.03 Å². The highest BCUT2D eigenvalue weighted by Crippen LogP contribution is 2.07. The zero-order valence-electron chi connectivity index (χ0n) is 9.05. The minimum atomic E-state index is -3.53. The van der Waals surface area contributed by atoms with Gasteiger partial charge in [0.05, 0.1) is 25.8 Å². The molecule has 8 heteroatoms. The van der Waals surface area contributed by atoms with Crippen LogP contribution >= 0.6 is 0 Å². The molecule has 0 aromatic carbocycles. The maximum atomic E-state index is 11.7. The molecular weight excluding hydrogens is 234 g/mol. The van der Waals surface area contributed by atoms with Crippen molar-refractivity contribution in [2.45, 2.75) is 6.10 Å². The van der Waals surface area contributed by atoms with Gasteiger partial charge in [-0.25, -0.2) is 0 Å². The van der Waals surface area contributed by atoms with Crippen molar-refractivity contribution < 1.29 is 17.9 Å². The van der Waals surface area contributed by atoms with E-state index in [1.165, 1.54) is 11.4 Å². The van der Waals surface area contributed by atoms with E-state index in [-0.39, 0.29) is 26.2 Å². The quantitative estimate of drug-likeness (QED) is 0.611. The molecule has 1 atom stereocenters. The first-order valence-corrected chi connectivity index (χ1v) is 6.29. The fourth-order valence-electron chi connectivity index (χ4n) is 1.29. The number of nitrogens with zero attached hydrogens (tertiary/aromatic N) is 2. The topological polar surface area (TPSA) is 91.7 Å². The monoisotopic (exact) mass is 249 g/mol. The number of ether oxygens (including phenoxy) is 2. The maximum Gasteiger partial charge on any atom is 0.279 e. The van der Waals surface area contributed by atoms with E-state index in [0.29, 0.717) is 6.61 Å². The number of nitriles is 1. The molecule has 1 aliphatic rings. The lowest BCUT2D eigenvalue weighted by atomic mass is 10.3. The summed E-state index contributed by atoms with van der Waals surface area (Å²) in [6.45, 7) is 1.10. The summed E-state index contributed by atoms with van der Waals surface area (Å²) in [6.07, 6.45) is -0.687. The zero-order valence-corrected chi connectivity index (χ0v) is 9.87. The Morgan fingerprint density at radius 3 is 3.06 bits per heavy atom. The predicted molar refractivity (Wildman–Crippen MR) is 55.7 cm³/mol. The van der Waals surface area contributed by atoms with Crippen LogP contribution in [0.2, 0.25) is 0 Å². The van der Waals surface area contributed by atoms with E-state index < -0.39 is 16.3 Å². The standard InChI is InChI=1S/C8H15N3O4S/c1-14-4-2-10-16(12,13)11-3-5-15-8(6-9)7-11/h8,10H,2-5,7H2,1H3. The van der Waals surface area contributed by atoms with Crippen molar-refractivity contribution in [1.29, 1.82) is 5.26 Å². The molecule has 1 rings (SSSR count). The minimum Gasteiger partial charge on any atom is -0.383 e. The lowest BCUT2D eigenvalue weighted by molar-refractivity contribution is 0.0306. The van der Waals surface area contributed by atoms with Gasteiger partial charge in [-0.05, 0) is 0 Å². The van der Waals surface area contributed by atoms with Gasteiger partial charge in [-0.3, -0.25) is 0 Å². The third-order valence-electron chi connectivity index (χ3n) is 2.10. The van der Waals surface area contributed by atoms with Crippen molar-refractivity contribution in [2.24, 2.45) is 0 Å². The van der Waals surface area contributed by atoms with Crippen molar-refractivity contribution >= 4 is 10.2 Å². The average Bonchev–Trinajstić information content (AvgIpc) is 2.29. The molecule has 1 saturated heterocycles. The molecule has 1 heterocycles. The lowest BCUT2D eigenvalue weighted by Crippen LogP contribution is -2.50. The van der Waals surface area contributed by atoms with E-state index in [0.717, 1.165) is 0 Å². The van der Waals surface area contributed by atoms with E-state index in [1.54, 1.807) is 0 Å². The van der Waals surface area contributed by atoms with E-state index in [4.69, 9.17) is 14.7 Å². The van der Waals surface area contributed by atoms with Gasteiger partial charge in [0.1, 0.15) is 0 Å². The number of hydrogen-bond acceptors (Lipinski definition) is 5. The van der Waals surface area contributed by atoms with Crippen molar-refractivity contribution in [3.63, 3.8) is 0 Å². The molecule has 92 valence electrons. The second-order valence-corrected chi connectivity index (χ2v) is 4.99. The molecule has 0 radical (unpaired) electrons. The average molecular weight is 249 g/mol. The van der Waals surface area contributed by atoms with Crippen LogP contribution in [0.4, 0.5) is 0 Å². The van der Waals surface area contributed by atoms with E-state index in [2.05, 4.69) is 4.72 Å². The first kappa shape index (κ1) is 13.3. The smallest absolute Gasteiger partial charge is 0.279 e. The molecule has 0 aromatic rings. The summed E-state index contributed by atoms with van der Waals surface area (Å²) in [5.74, 6) is 0. The Labute approximate surface area is 95.1 Å². The Morgan fingerprint density at radius 1 is 1.69 bits per heavy atom. The number of methoxy groups -OCH3 is 1. The van der Waals surface area contributed by atoms with Gasteiger partial charge in [-0.15, -0.1) is 0 Å². The van der Waals surface area contributed by atoms with E-state index in [1.807, 2.05) is 6.07 Å². The highest BCUT2D eigenvalue weighted by Gasteiger charge is 2.28. The molecule has 7 nitrogen and oxygen atoms in total. The van der Waals surface area contributed by atoms with Crippen molar-refractivity contribution in [3.05, 3.63) is 0 Å². The van der Waals surface area contributed by atoms with Crippen LogP contribution in [0, 0.1) is 11.3 Å². The molecule has 0 bridgehead atoms. The molecular formula is C8H15N3O4S. The summed E-state index contributed by atoms with van der Waals surface area (Å²) in [4.78, 5) is 0. The summed E-state index contributed by atoms with van der Waals surface area (Å²) >= 11 is 0. The van der Waals surface area contributed by atoms with Crippen LogP contribution in [-0.2, 0) is 19.7 Å². The maximum absolute atomic E-state index is 11.7. The van der Waals surface area contributed by atoms with Crippen LogP contribution in [0.15, 0.2) is 0 Å². The Bertz CT molecular complexity index is 351. The molecule has 1 fully saturated rings. The number of nitrogens with one attached hydrogen (secondary N) is 1.